The number of phenolic OH excluding ortho intramolecular Hbond substituents is 1. The van der Waals surface area contributed by atoms with Gasteiger partial charge in [0.05, 0.1) is 19.8 Å². The molecule has 0 spiro atoms. The van der Waals surface area contributed by atoms with E-state index in [0.717, 1.165) is 0 Å². The van der Waals surface area contributed by atoms with Crippen molar-refractivity contribution >= 4 is 28.9 Å². The molecule has 24 heavy (non-hydrogen) atoms. The van der Waals surface area contributed by atoms with E-state index in [0.29, 0.717) is 0 Å². The van der Waals surface area contributed by atoms with Crippen LogP contribution in [0.3, 0.4) is 0 Å². The Morgan fingerprint density at radius 3 is 2.42 bits per heavy atom. The highest BCUT2D eigenvalue weighted by Crippen LogP contribution is 2.51. The number of carbonyl (C=O) groups excluding carboxylic acids is 2. The summed E-state index contributed by atoms with van der Waals surface area (Å²) in [5.41, 5.74) is -1.76. The Kier molecular flexibility index (Phi) is 3.49. The second-order valence-electron chi connectivity index (χ2n) is 5.39. The number of ketones is 1. The Labute approximate surface area is 141 Å². The third-order valence-electron chi connectivity index (χ3n) is 4.05. The van der Waals surface area contributed by atoms with Crippen LogP contribution >= 0.6 is 11.6 Å². The number of aliphatic hydroxyl groups excluding tert-OH is 1. The summed E-state index contributed by atoms with van der Waals surface area (Å²) in [6.07, 6.45) is 0. The van der Waals surface area contributed by atoms with Gasteiger partial charge < -0.3 is 24.4 Å². The molecule has 0 saturated heterocycles. The molecule has 0 radical (unpaired) electrons. The van der Waals surface area contributed by atoms with Gasteiger partial charge in [0.25, 0.3) is 5.78 Å². The highest BCUT2D eigenvalue weighted by atomic mass is 35.5. The van der Waals surface area contributed by atoms with Gasteiger partial charge in [0.15, 0.2) is 17.1 Å². The van der Waals surface area contributed by atoms with Crippen LogP contribution in [0.25, 0.3) is 5.57 Å². The molecule has 2 aliphatic rings. The summed E-state index contributed by atoms with van der Waals surface area (Å²) >= 11 is 6.22. The van der Waals surface area contributed by atoms with E-state index in [9.17, 15) is 19.8 Å². The summed E-state index contributed by atoms with van der Waals surface area (Å²) in [6.45, 7) is 1.42. The van der Waals surface area contributed by atoms with Crippen LogP contribution in [0, 0.1) is 0 Å². The van der Waals surface area contributed by atoms with Crippen molar-refractivity contribution in [3.8, 4) is 11.5 Å². The lowest BCUT2D eigenvalue weighted by molar-refractivity contribution is -0.118. The smallest absolute Gasteiger partial charge is 0.343 e. The second kappa shape index (κ2) is 5.17. The van der Waals surface area contributed by atoms with E-state index in [1.165, 1.54) is 33.3 Å². The molecule has 8 heteroatoms. The summed E-state index contributed by atoms with van der Waals surface area (Å²) in [5, 5.41) is 20.3. The first-order valence-corrected chi connectivity index (χ1v) is 7.21. The zero-order valence-electron chi connectivity index (χ0n) is 13.0. The van der Waals surface area contributed by atoms with Crippen LogP contribution in [0.1, 0.15) is 22.8 Å². The Morgan fingerprint density at radius 1 is 1.17 bits per heavy atom. The van der Waals surface area contributed by atoms with Crippen LogP contribution in [-0.4, -0.2) is 41.8 Å². The van der Waals surface area contributed by atoms with Crippen molar-refractivity contribution in [3.63, 3.8) is 0 Å². The third-order valence-corrected chi connectivity index (χ3v) is 4.59. The lowest BCUT2D eigenvalue weighted by Gasteiger charge is -2.39. The number of hydrogen-bond acceptors (Lipinski definition) is 7. The summed E-state index contributed by atoms with van der Waals surface area (Å²) in [6, 6.07) is 2.64. The van der Waals surface area contributed by atoms with Crippen molar-refractivity contribution in [1.29, 1.82) is 0 Å². The number of methoxy groups -OCH3 is 2. The maximum Gasteiger partial charge on any atom is 0.343 e. The van der Waals surface area contributed by atoms with Crippen molar-refractivity contribution in [3.05, 3.63) is 39.8 Å². The number of phenols is 1. The van der Waals surface area contributed by atoms with Crippen LogP contribution in [0.15, 0.2) is 28.7 Å². The highest BCUT2D eigenvalue weighted by Gasteiger charge is 2.53. The first-order chi connectivity index (χ1) is 11.3. The molecule has 126 valence electrons. The van der Waals surface area contributed by atoms with Gasteiger partial charge in [0, 0.05) is 11.6 Å². The molecule has 0 bridgehead atoms. The van der Waals surface area contributed by atoms with Gasteiger partial charge >= 0.3 is 5.97 Å². The van der Waals surface area contributed by atoms with E-state index in [-0.39, 0.29) is 33.2 Å². The largest absolute Gasteiger partial charge is 0.507 e. The number of aliphatic hydroxyl groups is 1. The minimum absolute atomic E-state index is 0.0397. The summed E-state index contributed by atoms with van der Waals surface area (Å²) in [7, 11) is 2.59. The number of esters is 1. The van der Waals surface area contributed by atoms with E-state index in [1.54, 1.807) is 0 Å². The number of ether oxygens (including phenoxy) is 3. The molecule has 1 aliphatic heterocycles. The quantitative estimate of drug-likeness (QED) is 0.787. The van der Waals surface area contributed by atoms with Gasteiger partial charge in [-0.1, -0.05) is 11.6 Å². The molecular weight excluding hydrogens is 340 g/mol. The molecule has 0 aromatic heterocycles. The summed E-state index contributed by atoms with van der Waals surface area (Å²) in [4.78, 5) is 24.6. The van der Waals surface area contributed by atoms with Gasteiger partial charge in [-0.05, 0) is 13.0 Å². The van der Waals surface area contributed by atoms with Gasteiger partial charge in [-0.3, -0.25) is 4.79 Å². The van der Waals surface area contributed by atoms with Crippen LogP contribution in [0.5, 0.6) is 11.5 Å². The minimum Gasteiger partial charge on any atom is -0.507 e. The van der Waals surface area contributed by atoms with Crippen LogP contribution in [0.2, 0.25) is 0 Å². The van der Waals surface area contributed by atoms with Crippen molar-refractivity contribution in [2.24, 2.45) is 0 Å². The SMILES string of the molecule is COC1=C(Cl)C2(C)OC(=O)c3c(O)cc(OC)cc3C2=C(O)C1=O. The van der Waals surface area contributed by atoms with E-state index >= 15 is 0 Å². The Hall–Kier alpha value is -2.67. The topological polar surface area (TPSA) is 102 Å². The maximum absolute atomic E-state index is 12.4. The lowest BCUT2D eigenvalue weighted by Crippen LogP contribution is -2.43. The number of benzene rings is 1. The van der Waals surface area contributed by atoms with Gasteiger partial charge in [-0.25, -0.2) is 4.79 Å². The number of aromatic hydroxyl groups is 1. The molecule has 0 fully saturated rings. The second-order valence-corrected chi connectivity index (χ2v) is 5.77. The molecule has 2 N–H and O–H groups in total. The maximum atomic E-state index is 12.4. The van der Waals surface area contributed by atoms with Crippen LogP contribution in [0.4, 0.5) is 0 Å². The Bertz CT molecular complexity index is 852. The predicted molar refractivity (Wildman–Crippen MR) is 82.9 cm³/mol. The van der Waals surface area contributed by atoms with Crippen LogP contribution in [-0.2, 0) is 14.3 Å². The number of hydrogen-bond donors (Lipinski definition) is 2. The first-order valence-electron chi connectivity index (χ1n) is 6.83. The van der Waals surface area contributed by atoms with Gasteiger partial charge in [-0.15, -0.1) is 0 Å². The molecule has 1 unspecified atom stereocenters. The van der Waals surface area contributed by atoms with E-state index < -0.39 is 28.9 Å². The summed E-state index contributed by atoms with van der Waals surface area (Å²) < 4.78 is 15.3. The molecule has 0 saturated carbocycles. The van der Waals surface area contributed by atoms with Crippen LogP contribution < -0.4 is 4.74 Å². The lowest BCUT2D eigenvalue weighted by atomic mass is 9.78. The summed E-state index contributed by atoms with van der Waals surface area (Å²) in [5.74, 6) is -2.87. The Balaban J connectivity index is 2.40. The average molecular weight is 353 g/mol. The van der Waals surface area contributed by atoms with Gasteiger partial charge in [0.2, 0.25) is 0 Å². The molecule has 1 heterocycles. The number of halogens is 1. The van der Waals surface area contributed by atoms with Gasteiger partial charge in [-0.2, -0.15) is 0 Å². The highest BCUT2D eigenvalue weighted by molar-refractivity contribution is 6.37. The molecule has 1 aromatic rings. The normalized spacial score (nSPS) is 22.8. The molecule has 1 atom stereocenters. The monoisotopic (exact) mass is 352 g/mol. The van der Waals surface area contributed by atoms with E-state index in [4.69, 9.17) is 25.8 Å². The fourth-order valence-electron chi connectivity index (χ4n) is 2.90. The van der Waals surface area contributed by atoms with Gasteiger partial charge in [0.1, 0.15) is 22.1 Å². The molecule has 3 rings (SSSR count). The van der Waals surface area contributed by atoms with Crippen molar-refractivity contribution < 1.29 is 34.0 Å². The standard InChI is InChI=1S/C16H13ClO7/c1-16-10(11(19)12(20)13(23-3)14(16)17)7-4-6(22-2)5-8(18)9(7)15(21)24-16/h4-5,18-19H,1-3H3. The number of rotatable bonds is 2. The van der Waals surface area contributed by atoms with Crippen molar-refractivity contribution in [2.75, 3.05) is 14.2 Å². The molecule has 0 amide bonds. The first kappa shape index (κ1) is 16.2. The fourth-order valence-corrected chi connectivity index (χ4v) is 3.20. The molecule has 7 nitrogen and oxygen atoms in total. The zero-order valence-corrected chi connectivity index (χ0v) is 13.7. The fraction of sp³-hybridized carbons (Fsp3) is 0.250. The zero-order chi connectivity index (χ0) is 17.8. The average Bonchev–Trinajstić information content (AvgIpc) is 2.52. The van der Waals surface area contributed by atoms with E-state index in [2.05, 4.69) is 0 Å². The van der Waals surface area contributed by atoms with Crippen molar-refractivity contribution in [1.82, 2.24) is 0 Å². The third kappa shape index (κ3) is 1.91. The van der Waals surface area contributed by atoms with E-state index in [1.807, 2.05) is 0 Å². The molecule has 1 aromatic carbocycles. The molecule has 1 aliphatic carbocycles. The minimum atomic E-state index is -1.63. The number of fused-ring (bicyclic) bond motifs is 3. The van der Waals surface area contributed by atoms with Crippen molar-refractivity contribution in [2.45, 2.75) is 12.5 Å². The number of Topliss-reactive ketones (excluding diaryl/α,β-unsaturated/α-hetero) is 1. The number of carbonyl (C=O) groups is 2. The Morgan fingerprint density at radius 2 is 1.83 bits per heavy atom. The predicted octanol–water partition coefficient (Wildman–Crippen LogP) is 2.28. The molecular formula is C16H13ClO7.